The van der Waals surface area contributed by atoms with Crippen LogP contribution in [0.2, 0.25) is 0 Å². The average Bonchev–Trinajstić information content (AvgIpc) is 2.74. The molecule has 1 aromatic heterocycles. The molecule has 0 aliphatic rings. The van der Waals surface area contributed by atoms with E-state index in [1.54, 1.807) is 11.3 Å². The lowest BCUT2D eigenvalue weighted by Gasteiger charge is -2.07. The molecular weight excluding hydrogens is 284 g/mol. The average molecular weight is 297 g/mol. The summed E-state index contributed by atoms with van der Waals surface area (Å²) in [7, 11) is 0. The molecule has 0 aliphatic heterocycles. The fourth-order valence-corrected chi connectivity index (χ4v) is 2.74. The van der Waals surface area contributed by atoms with Gasteiger partial charge in [-0.25, -0.2) is 0 Å². The van der Waals surface area contributed by atoms with Gasteiger partial charge in [0.2, 0.25) is 0 Å². The molecule has 0 bridgehead atoms. The number of hydrogen-bond donors (Lipinski definition) is 0. The molecule has 16 heavy (non-hydrogen) atoms. The molecule has 2 aromatic rings. The van der Waals surface area contributed by atoms with Crippen molar-refractivity contribution < 1.29 is 4.74 Å². The summed E-state index contributed by atoms with van der Waals surface area (Å²) < 4.78 is 6.75. The molecule has 0 unspecified atom stereocenters. The smallest absolute Gasteiger partial charge is 0.133 e. The Morgan fingerprint density at radius 2 is 2.19 bits per heavy atom. The molecule has 0 N–H and O–H groups in total. The Bertz CT molecular complexity index is 451. The van der Waals surface area contributed by atoms with Gasteiger partial charge in [0.1, 0.15) is 5.75 Å². The molecule has 0 amide bonds. The maximum Gasteiger partial charge on any atom is 0.133 e. The second-order valence-corrected chi connectivity index (χ2v) is 5.50. The SMILES string of the molecule is Cc1ccc(OCCc2cccs2)c(Br)c1. The maximum atomic E-state index is 5.72. The van der Waals surface area contributed by atoms with Crippen molar-refractivity contribution >= 4 is 27.3 Å². The highest BCUT2D eigenvalue weighted by Gasteiger charge is 2.01. The molecule has 1 aromatic carbocycles. The van der Waals surface area contributed by atoms with Gasteiger partial charge in [0.15, 0.2) is 0 Å². The summed E-state index contributed by atoms with van der Waals surface area (Å²) in [5.74, 6) is 0.919. The Balaban J connectivity index is 1.90. The summed E-state index contributed by atoms with van der Waals surface area (Å²) in [6, 6.07) is 10.3. The van der Waals surface area contributed by atoms with Crippen LogP contribution in [0.5, 0.6) is 5.75 Å². The zero-order valence-electron chi connectivity index (χ0n) is 9.07. The van der Waals surface area contributed by atoms with Crippen molar-refractivity contribution in [2.75, 3.05) is 6.61 Å². The van der Waals surface area contributed by atoms with E-state index in [1.807, 2.05) is 6.07 Å². The number of hydrogen-bond acceptors (Lipinski definition) is 2. The van der Waals surface area contributed by atoms with Crippen molar-refractivity contribution in [3.05, 3.63) is 50.6 Å². The molecule has 0 saturated heterocycles. The van der Waals surface area contributed by atoms with Gasteiger partial charge in [0, 0.05) is 11.3 Å². The van der Waals surface area contributed by atoms with Gasteiger partial charge in [-0.15, -0.1) is 11.3 Å². The minimum absolute atomic E-state index is 0.724. The molecular formula is C13H13BrOS. The van der Waals surface area contributed by atoms with Gasteiger partial charge in [0.25, 0.3) is 0 Å². The molecule has 0 radical (unpaired) electrons. The molecule has 0 fully saturated rings. The second kappa shape index (κ2) is 5.51. The lowest BCUT2D eigenvalue weighted by Crippen LogP contribution is -2.00. The van der Waals surface area contributed by atoms with E-state index in [9.17, 15) is 0 Å². The predicted molar refractivity (Wildman–Crippen MR) is 72.4 cm³/mol. The van der Waals surface area contributed by atoms with Gasteiger partial charge in [-0.05, 0) is 52.0 Å². The van der Waals surface area contributed by atoms with Crippen molar-refractivity contribution in [3.8, 4) is 5.75 Å². The first-order chi connectivity index (χ1) is 7.75. The summed E-state index contributed by atoms with van der Waals surface area (Å²) >= 11 is 5.28. The highest BCUT2D eigenvalue weighted by Crippen LogP contribution is 2.25. The topological polar surface area (TPSA) is 9.23 Å². The fourth-order valence-electron chi connectivity index (χ4n) is 1.44. The van der Waals surface area contributed by atoms with E-state index < -0.39 is 0 Å². The standard InChI is InChI=1S/C13H13BrOS/c1-10-4-5-13(12(14)9-10)15-7-6-11-3-2-8-16-11/h2-5,8-9H,6-7H2,1H3. The van der Waals surface area contributed by atoms with Gasteiger partial charge < -0.3 is 4.74 Å². The summed E-state index contributed by atoms with van der Waals surface area (Å²) in [4.78, 5) is 1.36. The van der Waals surface area contributed by atoms with Crippen LogP contribution in [0.1, 0.15) is 10.4 Å². The lowest BCUT2D eigenvalue weighted by atomic mass is 10.2. The summed E-state index contributed by atoms with van der Waals surface area (Å²) in [5, 5.41) is 2.09. The zero-order valence-corrected chi connectivity index (χ0v) is 11.5. The van der Waals surface area contributed by atoms with Gasteiger partial charge >= 0.3 is 0 Å². The maximum absolute atomic E-state index is 5.72. The van der Waals surface area contributed by atoms with E-state index in [0.29, 0.717) is 0 Å². The van der Waals surface area contributed by atoms with E-state index in [4.69, 9.17) is 4.74 Å². The molecule has 1 heterocycles. The quantitative estimate of drug-likeness (QED) is 0.810. The summed E-state index contributed by atoms with van der Waals surface area (Å²) in [6.07, 6.45) is 0.970. The van der Waals surface area contributed by atoms with E-state index in [1.165, 1.54) is 10.4 Å². The third-order valence-corrected chi connectivity index (χ3v) is 3.83. The molecule has 3 heteroatoms. The molecule has 0 saturated carbocycles. The molecule has 0 atom stereocenters. The number of halogens is 1. The van der Waals surface area contributed by atoms with Crippen LogP contribution in [0.3, 0.4) is 0 Å². The summed E-state index contributed by atoms with van der Waals surface area (Å²) in [5.41, 5.74) is 1.23. The van der Waals surface area contributed by atoms with Crippen molar-refractivity contribution in [1.82, 2.24) is 0 Å². The third kappa shape index (κ3) is 3.09. The minimum atomic E-state index is 0.724. The van der Waals surface area contributed by atoms with E-state index >= 15 is 0 Å². The van der Waals surface area contributed by atoms with Gasteiger partial charge in [-0.2, -0.15) is 0 Å². The van der Waals surface area contributed by atoms with Crippen LogP contribution >= 0.6 is 27.3 Å². The van der Waals surface area contributed by atoms with Crippen LogP contribution in [0, 0.1) is 6.92 Å². The molecule has 0 aliphatic carbocycles. The number of rotatable bonds is 4. The third-order valence-electron chi connectivity index (χ3n) is 2.27. The van der Waals surface area contributed by atoms with Crippen molar-refractivity contribution in [3.63, 3.8) is 0 Å². The zero-order chi connectivity index (χ0) is 11.4. The van der Waals surface area contributed by atoms with Gasteiger partial charge in [-0.3, -0.25) is 0 Å². The van der Waals surface area contributed by atoms with Crippen LogP contribution in [0.25, 0.3) is 0 Å². The highest BCUT2D eigenvalue weighted by molar-refractivity contribution is 9.10. The van der Waals surface area contributed by atoms with Crippen LogP contribution in [-0.2, 0) is 6.42 Å². The Labute approximate surface area is 108 Å². The normalized spacial score (nSPS) is 10.4. The monoisotopic (exact) mass is 296 g/mol. The van der Waals surface area contributed by atoms with Crippen LogP contribution in [0.15, 0.2) is 40.2 Å². The fraction of sp³-hybridized carbons (Fsp3) is 0.231. The lowest BCUT2D eigenvalue weighted by molar-refractivity contribution is 0.321. The van der Waals surface area contributed by atoms with Crippen LogP contribution in [0.4, 0.5) is 0 Å². The van der Waals surface area contributed by atoms with E-state index in [-0.39, 0.29) is 0 Å². The van der Waals surface area contributed by atoms with Crippen LogP contribution in [-0.4, -0.2) is 6.61 Å². The van der Waals surface area contributed by atoms with Gasteiger partial charge in [0.05, 0.1) is 11.1 Å². The Hall–Kier alpha value is -0.800. The molecule has 2 rings (SSSR count). The Kier molecular flexibility index (Phi) is 4.02. The first-order valence-electron chi connectivity index (χ1n) is 5.17. The van der Waals surface area contributed by atoms with Crippen molar-refractivity contribution in [1.29, 1.82) is 0 Å². The Morgan fingerprint density at radius 1 is 1.31 bits per heavy atom. The highest BCUT2D eigenvalue weighted by atomic mass is 79.9. The predicted octanol–water partition coefficient (Wildman–Crippen LogP) is 4.44. The van der Waals surface area contributed by atoms with E-state index in [2.05, 4.69) is 52.5 Å². The van der Waals surface area contributed by atoms with Gasteiger partial charge in [-0.1, -0.05) is 12.1 Å². The number of aryl methyl sites for hydroxylation is 1. The first-order valence-corrected chi connectivity index (χ1v) is 6.84. The van der Waals surface area contributed by atoms with Crippen LogP contribution < -0.4 is 4.74 Å². The number of benzene rings is 1. The first kappa shape index (κ1) is 11.7. The molecule has 84 valence electrons. The largest absolute Gasteiger partial charge is 0.492 e. The number of thiophene rings is 1. The second-order valence-electron chi connectivity index (χ2n) is 3.61. The molecule has 0 spiro atoms. The van der Waals surface area contributed by atoms with E-state index in [0.717, 1.165) is 23.2 Å². The molecule has 1 nitrogen and oxygen atoms in total. The summed E-state index contributed by atoms with van der Waals surface area (Å²) in [6.45, 7) is 2.79. The number of ether oxygens (including phenoxy) is 1. The minimum Gasteiger partial charge on any atom is -0.492 e. The van der Waals surface area contributed by atoms with Crippen molar-refractivity contribution in [2.45, 2.75) is 13.3 Å². The Morgan fingerprint density at radius 3 is 2.88 bits per heavy atom. The van der Waals surface area contributed by atoms with Crippen molar-refractivity contribution in [2.24, 2.45) is 0 Å².